The molecule has 1 aliphatic heterocycles. The van der Waals surface area contributed by atoms with E-state index in [-0.39, 0.29) is 17.7 Å². The lowest BCUT2D eigenvalue weighted by Gasteiger charge is -2.32. The Morgan fingerprint density at radius 3 is 2.85 bits per heavy atom. The summed E-state index contributed by atoms with van der Waals surface area (Å²) in [6.07, 6.45) is 3.39. The van der Waals surface area contributed by atoms with Crippen molar-refractivity contribution >= 4 is 23.2 Å². The van der Waals surface area contributed by atoms with Crippen molar-refractivity contribution in [2.75, 3.05) is 13.6 Å². The quantitative estimate of drug-likeness (QED) is 0.853. The van der Waals surface area contributed by atoms with Gasteiger partial charge in [0.25, 0.3) is 0 Å². The molecule has 2 amide bonds. The largest absolute Gasteiger partial charge is 0.346 e. The average Bonchev–Trinajstić information content (AvgIpc) is 3.15. The molecule has 1 saturated heterocycles. The van der Waals surface area contributed by atoms with Gasteiger partial charge >= 0.3 is 0 Å². The zero-order chi connectivity index (χ0) is 14.1. The zero-order valence-electron chi connectivity index (χ0n) is 11.7. The van der Waals surface area contributed by atoms with E-state index in [1.807, 2.05) is 17.3 Å². The van der Waals surface area contributed by atoms with Crippen LogP contribution in [0.1, 0.15) is 31.2 Å². The van der Waals surface area contributed by atoms with E-state index in [1.54, 1.807) is 16.2 Å². The predicted molar refractivity (Wildman–Crippen MR) is 78.3 cm³/mol. The third-order valence-electron chi connectivity index (χ3n) is 4.21. The summed E-state index contributed by atoms with van der Waals surface area (Å²) in [6, 6.07) is 2.48. The SMILES string of the molecule is CN1CCC(C(=O)N(Cc2ccsc2)C2CC2)CC1=O. The van der Waals surface area contributed by atoms with Crippen molar-refractivity contribution in [3.63, 3.8) is 0 Å². The molecule has 0 radical (unpaired) electrons. The number of hydrogen-bond acceptors (Lipinski definition) is 3. The van der Waals surface area contributed by atoms with Crippen LogP contribution >= 0.6 is 11.3 Å². The van der Waals surface area contributed by atoms with Crippen LogP contribution in [0.3, 0.4) is 0 Å². The minimum Gasteiger partial charge on any atom is -0.346 e. The van der Waals surface area contributed by atoms with Crippen LogP contribution in [0.15, 0.2) is 16.8 Å². The van der Waals surface area contributed by atoms with Crippen LogP contribution in [0.5, 0.6) is 0 Å². The minimum atomic E-state index is -0.113. The van der Waals surface area contributed by atoms with E-state index < -0.39 is 0 Å². The van der Waals surface area contributed by atoms with E-state index in [1.165, 1.54) is 5.56 Å². The number of thiophene rings is 1. The minimum absolute atomic E-state index is 0.0980. The molecule has 0 N–H and O–H groups in total. The molecular formula is C15H20N2O2S. The van der Waals surface area contributed by atoms with E-state index in [2.05, 4.69) is 11.4 Å². The van der Waals surface area contributed by atoms with Crippen molar-refractivity contribution in [3.05, 3.63) is 22.4 Å². The van der Waals surface area contributed by atoms with E-state index in [4.69, 9.17) is 0 Å². The van der Waals surface area contributed by atoms with Gasteiger partial charge in [0.1, 0.15) is 0 Å². The Morgan fingerprint density at radius 2 is 2.25 bits per heavy atom. The second-order valence-electron chi connectivity index (χ2n) is 5.83. The highest BCUT2D eigenvalue weighted by atomic mass is 32.1. The van der Waals surface area contributed by atoms with E-state index in [0.29, 0.717) is 25.6 Å². The van der Waals surface area contributed by atoms with Crippen molar-refractivity contribution in [1.29, 1.82) is 0 Å². The third kappa shape index (κ3) is 2.87. The number of carbonyl (C=O) groups excluding carboxylic acids is 2. The van der Waals surface area contributed by atoms with Crippen molar-refractivity contribution in [2.24, 2.45) is 5.92 Å². The normalized spacial score (nSPS) is 22.9. The summed E-state index contributed by atoms with van der Waals surface area (Å²) in [4.78, 5) is 28.2. The zero-order valence-corrected chi connectivity index (χ0v) is 12.6. The molecule has 108 valence electrons. The molecule has 1 aliphatic carbocycles. The predicted octanol–water partition coefficient (Wildman–Crippen LogP) is 2.11. The number of nitrogens with zero attached hydrogens (tertiary/aromatic N) is 2. The van der Waals surface area contributed by atoms with Gasteiger partial charge in [-0.1, -0.05) is 0 Å². The second kappa shape index (κ2) is 5.56. The molecule has 0 bridgehead atoms. The Kier molecular flexibility index (Phi) is 3.78. The number of piperidine rings is 1. The summed E-state index contributed by atoms with van der Waals surface area (Å²) in [5.41, 5.74) is 1.20. The Bertz CT molecular complexity index is 496. The summed E-state index contributed by atoms with van der Waals surface area (Å²) in [5, 5.41) is 4.15. The van der Waals surface area contributed by atoms with Gasteiger partial charge in [-0.3, -0.25) is 9.59 Å². The molecule has 2 aliphatic rings. The summed E-state index contributed by atoms with van der Waals surface area (Å²) >= 11 is 1.66. The first-order chi connectivity index (χ1) is 9.65. The van der Waals surface area contributed by atoms with Crippen LogP contribution in [-0.2, 0) is 16.1 Å². The molecule has 1 atom stereocenters. The lowest BCUT2D eigenvalue weighted by atomic mass is 9.94. The van der Waals surface area contributed by atoms with Crippen LogP contribution < -0.4 is 0 Å². The molecule has 0 spiro atoms. The Morgan fingerprint density at radius 1 is 1.45 bits per heavy atom. The van der Waals surface area contributed by atoms with E-state index >= 15 is 0 Å². The molecule has 1 saturated carbocycles. The van der Waals surface area contributed by atoms with Crippen LogP contribution in [0.4, 0.5) is 0 Å². The van der Waals surface area contributed by atoms with Gasteiger partial charge in [-0.05, 0) is 41.7 Å². The van der Waals surface area contributed by atoms with Crippen LogP contribution in [0.2, 0.25) is 0 Å². The highest BCUT2D eigenvalue weighted by Gasteiger charge is 2.38. The fourth-order valence-corrected chi connectivity index (χ4v) is 3.40. The smallest absolute Gasteiger partial charge is 0.226 e. The van der Waals surface area contributed by atoms with Gasteiger partial charge < -0.3 is 9.80 Å². The number of amides is 2. The van der Waals surface area contributed by atoms with Crippen molar-refractivity contribution in [1.82, 2.24) is 9.80 Å². The highest BCUT2D eigenvalue weighted by molar-refractivity contribution is 7.07. The van der Waals surface area contributed by atoms with Crippen LogP contribution in [0.25, 0.3) is 0 Å². The van der Waals surface area contributed by atoms with Crippen molar-refractivity contribution in [3.8, 4) is 0 Å². The second-order valence-corrected chi connectivity index (χ2v) is 6.61. The Hall–Kier alpha value is -1.36. The lowest BCUT2D eigenvalue weighted by molar-refractivity contribution is -0.145. The van der Waals surface area contributed by atoms with Crippen molar-refractivity contribution in [2.45, 2.75) is 38.3 Å². The van der Waals surface area contributed by atoms with Gasteiger partial charge in [-0.2, -0.15) is 11.3 Å². The highest BCUT2D eigenvalue weighted by Crippen LogP contribution is 2.32. The van der Waals surface area contributed by atoms with Gasteiger partial charge in [0.15, 0.2) is 0 Å². The maximum absolute atomic E-state index is 12.7. The third-order valence-corrected chi connectivity index (χ3v) is 4.94. The Labute approximate surface area is 123 Å². The standard InChI is InChI=1S/C15H20N2O2S/c1-16-6-4-12(8-14(16)18)15(19)17(13-2-3-13)9-11-5-7-20-10-11/h5,7,10,12-13H,2-4,6,8-9H2,1H3. The molecule has 1 aromatic heterocycles. The fraction of sp³-hybridized carbons (Fsp3) is 0.600. The molecule has 1 aromatic rings. The first kappa shape index (κ1) is 13.6. The van der Waals surface area contributed by atoms with Gasteiger partial charge in [0.2, 0.25) is 11.8 Å². The van der Waals surface area contributed by atoms with Crippen LogP contribution in [0, 0.1) is 5.92 Å². The molecule has 0 aromatic carbocycles. The average molecular weight is 292 g/mol. The number of carbonyl (C=O) groups is 2. The maximum atomic E-state index is 12.7. The van der Waals surface area contributed by atoms with Gasteiger partial charge in [0.05, 0.1) is 0 Å². The summed E-state index contributed by atoms with van der Waals surface area (Å²) in [7, 11) is 1.81. The molecule has 5 heteroatoms. The molecule has 3 rings (SSSR count). The number of rotatable bonds is 4. The fourth-order valence-electron chi connectivity index (χ4n) is 2.74. The van der Waals surface area contributed by atoms with Gasteiger partial charge in [-0.25, -0.2) is 0 Å². The van der Waals surface area contributed by atoms with E-state index in [9.17, 15) is 9.59 Å². The molecule has 4 nitrogen and oxygen atoms in total. The van der Waals surface area contributed by atoms with Gasteiger partial charge in [0, 0.05) is 38.5 Å². The first-order valence-electron chi connectivity index (χ1n) is 7.20. The molecule has 1 unspecified atom stereocenters. The van der Waals surface area contributed by atoms with Gasteiger partial charge in [-0.15, -0.1) is 0 Å². The summed E-state index contributed by atoms with van der Waals surface area (Å²) < 4.78 is 0. The topological polar surface area (TPSA) is 40.6 Å². The number of hydrogen-bond donors (Lipinski definition) is 0. The number of likely N-dealkylation sites (tertiary alicyclic amines) is 1. The molecular weight excluding hydrogens is 272 g/mol. The maximum Gasteiger partial charge on any atom is 0.226 e. The molecule has 2 heterocycles. The summed E-state index contributed by atoms with van der Waals surface area (Å²) in [6.45, 7) is 1.40. The van der Waals surface area contributed by atoms with Crippen molar-refractivity contribution < 1.29 is 9.59 Å². The lowest BCUT2D eigenvalue weighted by Crippen LogP contribution is -2.44. The van der Waals surface area contributed by atoms with Crippen LogP contribution in [-0.4, -0.2) is 41.2 Å². The summed E-state index contributed by atoms with van der Waals surface area (Å²) in [5.74, 6) is 0.166. The first-order valence-corrected chi connectivity index (χ1v) is 8.15. The molecule has 2 fully saturated rings. The molecule has 20 heavy (non-hydrogen) atoms. The van der Waals surface area contributed by atoms with E-state index in [0.717, 1.165) is 19.3 Å². The Balaban J connectivity index is 1.68. The monoisotopic (exact) mass is 292 g/mol.